The van der Waals surface area contributed by atoms with Gasteiger partial charge in [0.25, 0.3) is 0 Å². The number of carbonyl (C=O) groups is 2. The van der Waals surface area contributed by atoms with Gasteiger partial charge in [0, 0.05) is 83.1 Å². The van der Waals surface area contributed by atoms with E-state index in [-0.39, 0.29) is 17.5 Å². The highest BCUT2D eigenvalue weighted by molar-refractivity contribution is 6.09. The predicted molar refractivity (Wildman–Crippen MR) is 180 cm³/mol. The highest BCUT2D eigenvalue weighted by atomic mass is 16.1. The maximum absolute atomic E-state index is 12.6. The smallest absolute Gasteiger partial charge is 0.166 e. The van der Waals surface area contributed by atoms with Crippen LogP contribution in [-0.4, -0.2) is 83.7 Å². The van der Waals surface area contributed by atoms with Gasteiger partial charge in [-0.1, -0.05) is 26.0 Å². The van der Waals surface area contributed by atoms with Crippen LogP contribution < -0.4 is 4.90 Å². The van der Waals surface area contributed by atoms with E-state index >= 15 is 0 Å². The molecule has 1 N–H and O–H groups in total. The Kier molecular flexibility index (Phi) is 9.43. The molecule has 0 radical (unpaired) electrons. The van der Waals surface area contributed by atoms with Crippen molar-refractivity contribution in [2.75, 3.05) is 57.3 Å². The van der Waals surface area contributed by atoms with Crippen molar-refractivity contribution in [1.29, 1.82) is 0 Å². The van der Waals surface area contributed by atoms with Crippen LogP contribution in [0, 0.1) is 11.8 Å². The van der Waals surface area contributed by atoms with Crippen molar-refractivity contribution < 1.29 is 9.59 Å². The molecule has 0 unspecified atom stereocenters. The number of likely N-dealkylation sites (tertiary alicyclic amines) is 1. The van der Waals surface area contributed by atoms with Gasteiger partial charge in [0.2, 0.25) is 0 Å². The van der Waals surface area contributed by atoms with Crippen molar-refractivity contribution in [3.8, 4) is 0 Å². The van der Waals surface area contributed by atoms with E-state index in [9.17, 15) is 9.59 Å². The molecule has 4 aromatic rings. The minimum Gasteiger partial charge on any atom is -0.369 e. The maximum atomic E-state index is 12.6. The van der Waals surface area contributed by atoms with E-state index in [0.717, 1.165) is 49.7 Å². The molecule has 0 aliphatic carbocycles. The molecular formula is C37H47N5O2. The van der Waals surface area contributed by atoms with Crippen LogP contribution in [0.2, 0.25) is 0 Å². The summed E-state index contributed by atoms with van der Waals surface area (Å²) in [6, 6.07) is 14.7. The molecule has 2 aromatic carbocycles. The number of Topliss-reactive ketones (excluding diaryl/α,β-unsaturated/α-hetero) is 2. The zero-order valence-corrected chi connectivity index (χ0v) is 26.6. The summed E-state index contributed by atoms with van der Waals surface area (Å²) in [6.07, 6.45) is 10.0. The van der Waals surface area contributed by atoms with Gasteiger partial charge in [-0.15, -0.1) is 0 Å². The van der Waals surface area contributed by atoms with Crippen LogP contribution in [0.5, 0.6) is 0 Å². The van der Waals surface area contributed by atoms with Gasteiger partial charge in [-0.3, -0.25) is 19.5 Å². The fourth-order valence-corrected chi connectivity index (χ4v) is 7.09. The summed E-state index contributed by atoms with van der Waals surface area (Å²) in [5, 5.41) is 2.46. The first-order valence-electron chi connectivity index (χ1n) is 16.6. The third-order valence-corrected chi connectivity index (χ3v) is 9.87. The Hall–Kier alpha value is -3.55. The van der Waals surface area contributed by atoms with Crippen LogP contribution in [0.1, 0.15) is 72.7 Å². The number of H-pyrrole nitrogens is 1. The maximum Gasteiger partial charge on any atom is 0.166 e. The van der Waals surface area contributed by atoms with Crippen molar-refractivity contribution in [1.82, 2.24) is 19.8 Å². The Labute approximate surface area is 261 Å². The van der Waals surface area contributed by atoms with Crippen molar-refractivity contribution in [2.24, 2.45) is 11.8 Å². The van der Waals surface area contributed by atoms with E-state index in [1.807, 2.05) is 50.5 Å². The molecule has 7 nitrogen and oxygen atoms in total. The number of anilines is 1. The number of hydrogen-bond donors (Lipinski definition) is 1. The summed E-state index contributed by atoms with van der Waals surface area (Å²) in [7, 11) is 0. The van der Waals surface area contributed by atoms with Gasteiger partial charge in [0.1, 0.15) is 0 Å². The lowest BCUT2D eigenvalue weighted by molar-refractivity contribution is 0.0927. The zero-order valence-electron chi connectivity index (χ0n) is 26.6. The van der Waals surface area contributed by atoms with E-state index in [4.69, 9.17) is 0 Å². The van der Waals surface area contributed by atoms with Gasteiger partial charge in [-0.05, 0) is 107 Å². The molecule has 0 saturated carbocycles. The van der Waals surface area contributed by atoms with Gasteiger partial charge < -0.3 is 14.8 Å². The number of aromatic nitrogens is 2. The number of carbonyl (C=O) groups excluding carboxylic acids is 2. The monoisotopic (exact) mass is 593 g/mol. The van der Waals surface area contributed by atoms with Gasteiger partial charge in [-0.2, -0.15) is 0 Å². The molecule has 232 valence electrons. The average Bonchev–Trinajstić information content (AvgIpc) is 3.42. The second kappa shape index (κ2) is 13.6. The molecule has 2 aromatic heterocycles. The number of ketones is 2. The molecule has 0 spiro atoms. The lowest BCUT2D eigenvalue weighted by atomic mass is 9.93. The molecule has 2 aliphatic rings. The van der Waals surface area contributed by atoms with Gasteiger partial charge in [0.05, 0.1) is 0 Å². The normalized spacial score (nSPS) is 17.2. The number of piperidine rings is 1. The Morgan fingerprint density at radius 1 is 0.864 bits per heavy atom. The predicted octanol–water partition coefficient (Wildman–Crippen LogP) is 6.61. The highest BCUT2D eigenvalue weighted by Crippen LogP contribution is 2.27. The number of hydrogen-bond acceptors (Lipinski definition) is 6. The van der Waals surface area contributed by atoms with Crippen LogP contribution in [0.25, 0.3) is 21.8 Å². The summed E-state index contributed by atoms with van der Waals surface area (Å²) in [6.45, 7) is 14.1. The number of aromatic amines is 1. The molecule has 0 amide bonds. The van der Waals surface area contributed by atoms with Gasteiger partial charge in [0.15, 0.2) is 11.6 Å². The van der Waals surface area contributed by atoms with Crippen LogP contribution in [0.4, 0.5) is 5.69 Å². The van der Waals surface area contributed by atoms with Crippen molar-refractivity contribution in [3.63, 3.8) is 0 Å². The highest BCUT2D eigenvalue weighted by Gasteiger charge is 2.24. The first kappa shape index (κ1) is 30.5. The van der Waals surface area contributed by atoms with Crippen molar-refractivity contribution >= 4 is 39.1 Å². The average molecular weight is 594 g/mol. The lowest BCUT2D eigenvalue weighted by Crippen LogP contribution is -2.47. The Morgan fingerprint density at radius 3 is 2.39 bits per heavy atom. The second-order valence-corrected chi connectivity index (χ2v) is 13.2. The lowest BCUT2D eigenvalue weighted by Gasteiger charge is -2.38. The molecule has 0 atom stereocenters. The van der Waals surface area contributed by atoms with Crippen LogP contribution in [0.15, 0.2) is 54.9 Å². The molecule has 4 heterocycles. The number of piperazine rings is 1. The van der Waals surface area contributed by atoms with Crippen molar-refractivity contribution in [3.05, 3.63) is 71.5 Å². The largest absolute Gasteiger partial charge is 0.369 e. The summed E-state index contributed by atoms with van der Waals surface area (Å²) >= 11 is 0. The topological polar surface area (TPSA) is 72.5 Å². The first-order chi connectivity index (χ1) is 21.4. The number of aryl methyl sites for hydroxylation is 1. The van der Waals surface area contributed by atoms with E-state index in [1.54, 1.807) is 6.92 Å². The standard InChI is InChI=1S/C37H47N5O2/c1-26(2)37(44)32-9-7-30(24-33(32)27(3)43)42-21-19-41(20-22-42)18-13-28-11-16-40(17-12-28)15-4-5-29-6-8-31-34-25-38-14-10-35(34)39-36(31)23-29/h6-10,14,23-26,28,39H,4-5,11-13,15-22H2,1-3H3. The molecular weight excluding hydrogens is 546 g/mol. The summed E-state index contributed by atoms with van der Waals surface area (Å²) in [5.74, 6) is 0.704. The van der Waals surface area contributed by atoms with Gasteiger partial charge >= 0.3 is 0 Å². The quantitative estimate of drug-likeness (QED) is 0.197. The number of nitrogens with zero attached hydrogens (tertiary/aromatic N) is 4. The van der Waals surface area contributed by atoms with Crippen LogP contribution in [-0.2, 0) is 6.42 Å². The Bertz CT molecular complexity index is 1610. The number of pyridine rings is 1. The van der Waals surface area contributed by atoms with Crippen LogP contribution in [0.3, 0.4) is 0 Å². The fourth-order valence-electron chi connectivity index (χ4n) is 7.09. The molecule has 7 heteroatoms. The zero-order chi connectivity index (χ0) is 30.6. The number of fused-ring (bicyclic) bond motifs is 3. The first-order valence-corrected chi connectivity index (χ1v) is 16.6. The summed E-state index contributed by atoms with van der Waals surface area (Å²) in [4.78, 5) is 40.4. The number of benzene rings is 2. The minimum atomic E-state index is -0.119. The molecule has 44 heavy (non-hydrogen) atoms. The third kappa shape index (κ3) is 6.89. The van der Waals surface area contributed by atoms with E-state index in [2.05, 4.69) is 42.9 Å². The molecule has 2 fully saturated rings. The van der Waals surface area contributed by atoms with E-state index in [1.165, 1.54) is 73.7 Å². The molecule has 2 aliphatic heterocycles. The number of rotatable bonds is 11. The third-order valence-electron chi connectivity index (χ3n) is 9.87. The fraction of sp³-hybridized carbons (Fsp3) is 0.486. The second-order valence-electron chi connectivity index (χ2n) is 13.2. The Balaban J connectivity index is 0.902. The van der Waals surface area contributed by atoms with Crippen molar-refractivity contribution in [2.45, 2.75) is 52.9 Å². The van der Waals surface area contributed by atoms with Gasteiger partial charge in [-0.25, -0.2) is 0 Å². The summed E-state index contributed by atoms with van der Waals surface area (Å²) in [5.41, 5.74) is 5.94. The number of nitrogens with one attached hydrogen (secondary N) is 1. The molecule has 6 rings (SSSR count). The minimum absolute atomic E-state index is 0.0372. The van der Waals surface area contributed by atoms with E-state index in [0.29, 0.717) is 11.1 Å². The molecule has 0 bridgehead atoms. The Morgan fingerprint density at radius 2 is 1.64 bits per heavy atom. The summed E-state index contributed by atoms with van der Waals surface area (Å²) < 4.78 is 0. The van der Waals surface area contributed by atoms with Crippen LogP contribution >= 0.6 is 0 Å². The SMILES string of the molecule is CC(=O)c1cc(N2CCN(CCC3CCN(CCCc4ccc5c(c4)[nH]c4ccncc45)CC3)CC2)ccc1C(=O)C(C)C. The molecule has 2 saturated heterocycles. The van der Waals surface area contributed by atoms with E-state index < -0.39 is 0 Å².